The van der Waals surface area contributed by atoms with Crippen molar-refractivity contribution in [2.45, 2.75) is 6.18 Å². The van der Waals surface area contributed by atoms with E-state index in [0.717, 1.165) is 24.3 Å². The van der Waals surface area contributed by atoms with Gasteiger partial charge in [0.25, 0.3) is 11.8 Å². The maximum Gasteiger partial charge on any atom is 0.416 e. The fourth-order valence-electron chi connectivity index (χ4n) is 2.73. The topological polar surface area (TPSA) is 76.7 Å². The molecule has 0 saturated heterocycles. The Kier molecular flexibility index (Phi) is 6.99. The third kappa shape index (κ3) is 6.00. The summed E-state index contributed by atoms with van der Waals surface area (Å²) in [5.41, 5.74) is 0.525. The molecule has 3 aromatic rings. The van der Waals surface area contributed by atoms with E-state index in [-0.39, 0.29) is 18.3 Å². The zero-order valence-corrected chi connectivity index (χ0v) is 16.9. The number of nitrogens with one attached hydrogen (secondary N) is 2. The summed E-state index contributed by atoms with van der Waals surface area (Å²) in [4.78, 5) is 24.4. The highest BCUT2D eigenvalue weighted by Gasteiger charge is 2.30. The number of ether oxygens (including phenoxy) is 2. The lowest BCUT2D eigenvalue weighted by molar-refractivity contribution is -0.137. The second-order valence-electron chi connectivity index (χ2n) is 6.59. The standard InChI is InChI=1S/C23H19F3N2O4/c1-31-20-5-3-2-4-19(20)28-22(30)15-6-10-17(11-7-15)27-21(29)14-32-18-12-8-16(9-13-18)23(24,25)26/h2-13H,14H2,1H3,(H,27,29)(H,28,30). The first-order chi connectivity index (χ1) is 15.3. The van der Waals surface area contributed by atoms with E-state index in [4.69, 9.17) is 9.47 Å². The van der Waals surface area contributed by atoms with E-state index in [2.05, 4.69) is 10.6 Å². The summed E-state index contributed by atoms with van der Waals surface area (Å²) in [7, 11) is 1.50. The van der Waals surface area contributed by atoms with Crippen LogP contribution in [0.25, 0.3) is 0 Å². The van der Waals surface area contributed by atoms with Gasteiger partial charge in [-0.25, -0.2) is 0 Å². The van der Waals surface area contributed by atoms with Gasteiger partial charge in [0.2, 0.25) is 0 Å². The summed E-state index contributed by atoms with van der Waals surface area (Å²) in [5.74, 6) is -0.191. The molecule has 0 atom stereocenters. The van der Waals surface area contributed by atoms with Gasteiger partial charge in [-0.2, -0.15) is 13.2 Å². The van der Waals surface area contributed by atoms with Gasteiger partial charge in [0.05, 0.1) is 18.4 Å². The molecule has 0 radical (unpaired) electrons. The Balaban J connectivity index is 1.52. The fourth-order valence-corrected chi connectivity index (χ4v) is 2.73. The second kappa shape index (κ2) is 9.86. The van der Waals surface area contributed by atoms with Gasteiger partial charge >= 0.3 is 6.18 Å². The summed E-state index contributed by atoms with van der Waals surface area (Å²) in [6, 6.07) is 17.2. The summed E-state index contributed by atoms with van der Waals surface area (Å²) < 4.78 is 48.1. The van der Waals surface area contributed by atoms with Gasteiger partial charge in [-0.1, -0.05) is 12.1 Å². The third-order valence-electron chi connectivity index (χ3n) is 4.34. The smallest absolute Gasteiger partial charge is 0.416 e. The van der Waals surface area contributed by atoms with E-state index in [1.165, 1.54) is 19.2 Å². The Bertz CT molecular complexity index is 1080. The summed E-state index contributed by atoms with van der Waals surface area (Å²) in [6.45, 7) is -0.387. The first-order valence-electron chi connectivity index (χ1n) is 9.40. The molecule has 3 rings (SSSR count). The highest BCUT2D eigenvalue weighted by molar-refractivity contribution is 6.05. The van der Waals surface area contributed by atoms with Crippen LogP contribution in [0.4, 0.5) is 24.5 Å². The molecule has 166 valence electrons. The van der Waals surface area contributed by atoms with Crippen LogP contribution in [0.3, 0.4) is 0 Å². The largest absolute Gasteiger partial charge is 0.495 e. The van der Waals surface area contributed by atoms with E-state index >= 15 is 0 Å². The van der Waals surface area contributed by atoms with Gasteiger partial charge in [0.1, 0.15) is 11.5 Å². The number of hydrogen-bond acceptors (Lipinski definition) is 4. The molecule has 0 fully saturated rings. The van der Waals surface area contributed by atoms with Gasteiger partial charge in [-0.05, 0) is 60.7 Å². The Morgan fingerprint density at radius 2 is 1.53 bits per heavy atom. The fraction of sp³-hybridized carbons (Fsp3) is 0.130. The van der Waals surface area contributed by atoms with Crippen LogP contribution in [-0.4, -0.2) is 25.5 Å². The van der Waals surface area contributed by atoms with Crippen LogP contribution in [0.15, 0.2) is 72.8 Å². The van der Waals surface area contributed by atoms with E-state index in [1.54, 1.807) is 36.4 Å². The highest BCUT2D eigenvalue weighted by atomic mass is 19.4. The van der Waals surface area contributed by atoms with Crippen molar-refractivity contribution < 1.29 is 32.2 Å². The van der Waals surface area contributed by atoms with Crippen molar-refractivity contribution >= 4 is 23.2 Å². The molecule has 0 aliphatic carbocycles. The lowest BCUT2D eigenvalue weighted by Crippen LogP contribution is -2.20. The maximum atomic E-state index is 12.6. The molecule has 0 bridgehead atoms. The minimum Gasteiger partial charge on any atom is -0.495 e. The molecule has 0 aromatic heterocycles. The molecular weight excluding hydrogens is 425 g/mol. The number of anilines is 2. The van der Waals surface area contributed by atoms with Crippen LogP contribution in [0, 0.1) is 0 Å². The van der Waals surface area contributed by atoms with Crippen LogP contribution >= 0.6 is 0 Å². The number of carbonyl (C=O) groups is 2. The number of methoxy groups -OCH3 is 1. The van der Waals surface area contributed by atoms with Crippen molar-refractivity contribution in [1.29, 1.82) is 0 Å². The van der Waals surface area contributed by atoms with Crippen molar-refractivity contribution in [3.05, 3.63) is 83.9 Å². The van der Waals surface area contributed by atoms with Crippen LogP contribution in [0.2, 0.25) is 0 Å². The maximum absolute atomic E-state index is 12.6. The molecule has 6 nitrogen and oxygen atoms in total. The summed E-state index contributed by atoms with van der Waals surface area (Å²) in [5, 5.41) is 5.33. The zero-order chi connectivity index (χ0) is 23.1. The highest BCUT2D eigenvalue weighted by Crippen LogP contribution is 2.30. The average molecular weight is 444 g/mol. The van der Waals surface area contributed by atoms with Crippen LogP contribution < -0.4 is 20.1 Å². The normalized spacial score (nSPS) is 10.9. The quantitative estimate of drug-likeness (QED) is 0.539. The lowest BCUT2D eigenvalue weighted by atomic mass is 10.2. The number of carbonyl (C=O) groups excluding carboxylic acids is 2. The van der Waals surface area contributed by atoms with Gasteiger partial charge in [-0.3, -0.25) is 9.59 Å². The first kappa shape index (κ1) is 22.7. The summed E-state index contributed by atoms with van der Waals surface area (Å²) >= 11 is 0. The molecule has 0 heterocycles. The van der Waals surface area contributed by atoms with Gasteiger partial charge in [0.15, 0.2) is 6.61 Å². The number of rotatable bonds is 7. The molecule has 2 N–H and O–H groups in total. The first-order valence-corrected chi connectivity index (χ1v) is 9.40. The predicted molar refractivity (Wildman–Crippen MR) is 113 cm³/mol. The number of amides is 2. The summed E-state index contributed by atoms with van der Waals surface area (Å²) in [6.07, 6.45) is -4.44. The van der Waals surface area contributed by atoms with Crippen LogP contribution in [0.1, 0.15) is 15.9 Å². The number of halogens is 3. The second-order valence-corrected chi connectivity index (χ2v) is 6.59. The van der Waals surface area contributed by atoms with Crippen molar-refractivity contribution in [1.82, 2.24) is 0 Å². The molecule has 32 heavy (non-hydrogen) atoms. The van der Waals surface area contributed by atoms with Crippen LogP contribution in [0.5, 0.6) is 11.5 Å². The Morgan fingerprint density at radius 3 is 2.16 bits per heavy atom. The van der Waals surface area contributed by atoms with Crippen molar-refractivity contribution in [2.75, 3.05) is 24.4 Å². The molecule has 9 heteroatoms. The van der Waals surface area contributed by atoms with Gasteiger partial charge < -0.3 is 20.1 Å². The number of benzene rings is 3. The third-order valence-corrected chi connectivity index (χ3v) is 4.34. The minimum absolute atomic E-state index is 0.136. The zero-order valence-electron chi connectivity index (χ0n) is 16.9. The van der Waals surface area contributed by atoms with Gasteiger partial charge in [0, 0.05) is 11.3 Å². The Labute approximate surface area is 182 Å². The van der Waals surface area contributed by atoms with E-state index in [1.807, 2.05) is 0 Å². The van der Waals surface area contributed by atoms with Crippen molar-refractivity contribution in [2.24, 2.45) is 0 Å². The number of hydrogen-bond donors (Lipinski definition) is 2. The molecule has 0 spiro atoms. The molecule has 0 aliphatic heterocycles. The minimum atomic E-state index is -4.44. The average Bonchev–Trinajstić information content (AvgIpc) is 2.78. The van der Waals surface area contributed by atoms with E-state index in [9.17, 15) is 22.8 Å². The van der Waals surface area contributed by atoms with E-state index < -0.39 is 17.6 Å². The number of para-hydroxylation sites is 2. The predicted octanol–water partition coefficient (Wildman–Crippen LogP) is 4.98. The molecular formula is C23H19F3N2O4. The molecule has 0 saturated carbocycles. The number of alkyl halides is 3. The monoisotopic (exact) mass is 444 g/mol. The van der Waals surface area contributed by atoms with Crippen molar-refractivity contribution in [3.63, 3.8) is 0 Å². The Morgan fingerprint density at radius 1 is 0.875 bits per heavy atom. The molecule has 0 unspecified atom stereocenters. The SMILES string of the molecule is COc1ccccc1NC(=O)c1ccc(NC(=O)COc2ccc(C(F)(F)F)cc2)cc1. The molecule has 3 aromatic carbocycles. The molecule has 0 aliphatic rings. The van der Waals surface area contributed by atoms with Gasteiger partial charge in [-0.15, -0.1) is 0 Å². The van der Waals surface area contributed by atoms with Crippen molar-refractivity contribution in [3.8, 4) is 11.5 Å². The lowest BCUT2D eigenvalue weighted by Gasteiger charge is -2.11. The molecule has 2 amide bonds. The Hall–Kier alpha value is -4.01. The van der Waals surface area contributed by atoms with Crippen LogP contribution in [-0.2, 0) is 11.0 Å². The van der Waals surface area contributed by atoms with E-state index in [0.29, 0.717) is 22.7 Å².